The number of hydrogen-bond acceptors (Lipinski definition) is 4. The summed E-state index contributed by atoms with van der Waals surface area (Å²) < 4.78 is 11.9. The average Bonchev–Trinajstić information content (AvgIpc) is 2.96. The summed E-state index contributed by atoms with van der Waals surface area (Å²) in [5.41, 5.74) is 1.52. The van der Waals surface area contributed by atoms with E-state index in [2.05, 4.69) is 33.9 Å². The molecule has 0 aromatic heterocycles. The molecule has 0 N–H and O–H groups in total. The molecule has 0 saturated heterocycles. The number of methoxy groups -OCH3 is 2. The molecule has 1 saturated carbocycles. The summed E-state index contributed by atoms with van der Waals surface area (Å²) in [7, 11) is 3.27. The second-order valence-electron chi connectivity index (χ2n) is 5.26. The molecule has 0 amide bonds. The van der Waals surface area contributed by atoms with Gasteiger partial charge in [-0.2, -0.15) is 4.99 Å². The van der Waals surface area contributed by atoms with Crippen LogP contribution < -0.4 is 9.47 Å². The third-order valence-electron chi connectivity index (χ3n) is 4.23. The van der Waals surface area contributed by atoms with Crippen LogP contribution in [0, 0.1) is 0 Å². The van der Waals surface area contributed by atoms with Crippen LogP contribution in [0.15, 0.2) is 15.5 Å². The van der Waals surface area contributed by atoms with Gasteiger partial charge in [0.05, 0.1) is 14.2 Å². The highest BCUT2D eigenvalue weighted by atomic mass is 79.9. The fraction of sp³-hybridized carbons (Fsp3) is 0.562. The number of carbonyl (C=O) groups excluding carboxylic acids is 1. The lowest BCUT2D eigenvalue weighted by molar-refractivity contribution is 0.364. The molecule has 0 heterocycles. The first-order valence-corrected chi connectivity index (χ1v) is 7.95. The Morgan fingerprint density at radius 2 is 1.90 bits per heavy atom. The number of ether oxygens (including phenoxy) is 2. The summed E-state index contributed by atoms with van der Waals surface area (Å²) in [4.78, 5) is 15.1. The van der Waals surface area contributed by atoms with Crippen molar-refractivity contribution in [2.45, 2.75) is 44.6 Å². The predicted molar refractivity (Wildman–Crippen MR) is 84.9 cm³/mol. The molecule has 0 bridgehead atoms. The quantitative estimate of drug-likeness (QED) is 0.590. The molecule has 1 aliphatic rings. The van der Waals surface area contributed by atoms with Crippen LogP contribution in [0.25, 0.3) is 0 Å². The molecule has 0 aliphatic heterocycles. The summed E-state index contributed by atoms with van der Waals surface area (Å²) in [5.74, 6) is 1.48. The molecule has 5 heteroatoms. The number of benzene rings is 1. The molecule has 114 valence electrons. The van der Waals surface area contributed by atoms with Crippen LogP contribution in [0.4, 0.5) is 0 Å². The van der Waals surface area contributed by atoms with Crippen molar-refractivity contribution in [2.75, 3.05) is 14.2 Å². The van der Waals surface area contributed by atoms with Crippen molar-refractivity contribution < 1.29 is 14.3 Å². The van der Waals surface area contributed by atoms with Crippen molar-refractivity contribution in [2.24, 2.45) is 4.99 Å². The van der Waals surface area contributed by atoms with E-state index in [-0.39, 0.29) is 0 Å². The highest BCUT2D eigenvalue weighted by molar-refractivity contribution is 9.10. The maximum atomic E-state index is 10.9. The summed E-state index contributed by atoms with van der Waals surface area (Å²) in [6.45, 7) is 2.07. The summed E-state index contributed by atoms with van der Waals surface area (Å²) in [6.07, 6.45) is 6.40. The third-order valence-corrected chi connectivity index (χ3v) is 4.95. The molecular formula is C16H20BrNO3. The Bertz CT molecular complexity index is 573. The van der Waals surface area contributed by atoms with Gasteiger partial charge in [-0.1, -0.05) is 19.8 Å². The summed E-state index contributed by atoms with van der Waals surface area (Å²) in [6, 6.07) is 2.06. The first-order chi connectivity index (χ1) is 10.1. The van der Waals surface area contributed by atoms with Crippen molar-refractivity contribution in [3.05, 3.63) is 21.7 Å². The van der Waals surface area contributed by atoms with Crippen LogP contribution >= 0.6 is 15.9 Å². The van der Waals surface area contributed by atoms with E-state index in [1.807, 2.05) is 0 Å². The number of rotatable bonds is 5. The SMILES string of the molecule is CCc1cc(C2(N=C=O)CCCC2)c(OC)c(Br)c1OC. The van der Waals surface area contributed by atoms with Crippen LogP contribution in [-0.4, -0.2) is 20.3 Å². The van der Waals surface area contributed by atoms with E-state index in [1.165, 1.54) is 0 Å². The molecule has 1 aromatic rings. The van der Waals surface area contributed by atoms with Gasteiger partial charge in [-0.3, -0.25) is 0 Å². The normalized spacial score (nSPS) is 16.4. The van der Waals surface area contributed by atoms with E-state index < -0.39 is 5.54 Å². The van der Waals surface area contributed by atoms with Crippen LogP contribution in [-0.2, 0) is 16.8 Å². The molecule has 0 spiro atoms. The zero-order valence-corrected chi connectivity index (χ0v) is 14.2. The molecule has 0 unspecified atom stereocenters. The Morgan fingerprint density at radius 1 is 1.29 bits per heavy atom. The molecule has 1 fully saturated rings. The highest BCUT2D eigenvalue weighted by Gasteiger charge is 2.39. The average molecular weight is 354 g/mol. The van der Waals surface area contributed by atoms with Crippen molar-refractivity contribution in [3.63, 3.8) is 0 Å². The van der Waals surface area contributed by atoms with Crippen molar-refractivity contribution in [1.82, 2.24) is 0 Å². The van der Waals surface area contributed by atoms with Gasteiger partial charge in [0.2, 0.25) is 6.08 Å². The Morgan fingerprint density at radius 3 is 2.38 bits per heavy atom. The molecule has 0 radical (unpaired) electrons. The maximum Gasteiger partial charge on any atom is 0.235 e. The largest absolute Gasteiger partial charge is 0.495 e. The van der Waals surface area contributed by atoms with E-state index in [1.54, 1.807) is 20.3 Å². The molecule has 0 atom stereocenters. The van der Waals surface area contributed by atoms with Gasteiger partial charge in [0.25, 0.3) is 0 Å². The van der Waals surface area contributed by atoms with Crippen LogP contribution in [0.1, 0.15) is 43.7 Å². The summed E-state index contributed by atoms with van der Waals surface area (Å²) >= 11 is 3.58. The Labute approximate surface area is 133 Å². The van der Waals surface area contributed by atoms with Gasteiger partial charge >= 0.3 is 0 Å². The minimum Gasteiger partial charge on any atom is -0.495 e. The number of aryl methyl sites for hydroxylation is 1. The molecule has 1 aromatic carbocycles. The lowest BCUT2D eigenvalue weighted by atomic mass is 9.86. The van der Waals surface area contributed by atoms with Crippen molar-refractivity contribution in [3.8, 4) is 11.5 Å². The van der Waals surface area contributed by atoms with Crippen molar-refractivity contribution in [1.29, 1.82) is 0 Å². The van der Waals surface area contributed by atoms with Gasteiger partial charge in [-0.15, -0.1) is 0 Å². The standard InChI is InChI=1S/C16H20BrNO3/c1-4-11-9-12(15(21-3)13(17)14(11)20-2)16(18-10-19)7-5-6-8-16/h9H,4-8H2,1-3H3. The van der Waals surface area contributed by atoms with Gasteiger partial charge in [-0.25, -0.2) is 4.79 Å². The number of isocyanates is 1. The van der Waals surface area contributed by atoms with Crippen LogP contribution in [0.3, 0.4) is 0 Å². The summed E-state index contributed by atoms with van der Waals surface area (Å²) in [5, 5.41) is 0. The van der Waals surface area contributed by atoms with E-state index >= 15 is 0 Å². The third kappa shape index (κ3) is 2.72. The number of hydrogen-bond donors (Lipinski definition) is 0. The Balaban J connectivity index is 2.72. The van der Waals surface area contributed by atoms with Crippen LogP contribution in [0.2, 0.25) is 0 Å². The van der Waals surface area contributed by atoms with Gasteiger partial charge in [-0.05, 0) is 46.8 Å². The lowest BCUT2D eigenvalue weighted by Gasteiger charge is -2.27. The minimum atomic E-state index is -0.508. The fourth-order valence-corrected chi connectivity index (χ4v) is 3.98. The van der Waals surface area contributed by atoms with E-state index in [9.17, 15) is 4.79 Å². The smallest absolute Gasteiger partial charge is 0.235 e. The Kier molecular flexibility index (Phi) is 5.07. The van der Waals surface area contributed by atoms with Gasteiger partial charge < -0.3 is 9.47 Å². The second kappa shape index (κ2) is 6.63. The molecule has 1 aliphatic carbocycles. The lowest BCUT2D eigenvalue weighted by Crippen LogP contribution is -2.21. The van der Waals surface area contributed by atoms with E-state index in [0.717, 1.165) is 53.5 Å². The monoisotopic (exact) mass is 353 g/mol. The highest BCUT2D eigenvalue weighted by Crippen LogP contribution is 2.50. The maximum absolute atomic E-state index is 10.9. The molecule has 4 nitrogen and oxygen atoms in total. The second-order valence-corrected chi connectivity index (χ2v) is 6.05. The topological polar surface area (TPSA) is 47.9 Å². The fourth-order valence-electron chi connectivity index (χ4n) is 3.18. The Hall–Kier alpha value is -1.32. The first kappa shape index (κ1) is 16.1. The van der Waals surface area contributed by atoms with Gasteiger partial charge in [0.1, 0.15) is 21.5 Å². The molecular weight excluding hydrogens is 334 g/mol. The van der Waals surface area contributed by atoms with E-state index in [0.29, 0.717) is 5.75 Å². The molecule has 21 heavy (non-hydrogen) atoms. The number of aliphatic imine (C=N–C) groups is 1. The first-order valence-electron chi connectivity index (χ1n) is 7.16. The minimum absolute atomic E-state index is 0.508. The zero-order valence-electron chi connectivity index (χ0n) is 12.7. The van der Waals surface area contributed by atoms with Crippen molar-refractivity contribution >= 4 is 22.0 Å². The van der Waals surface area contributed by atoms with E-state index in [4.69, 9.17) is 9.47 Å². The van der Waals surface area contributed by atoms with Gasteiger partial charge in [0, 0.05) is 5.56 Å². The molecule has 2 rings (SSSR count). The number of nitrogens with zero attached hydrogens (tertiary/aromatic N) is 1. The van der Waals surface area contributed by atoms with Crippen LogP contribution in [0.5, 0.6) is 11.5 Å². The van der Waals surface area contributed by atoms with Gasteiger partial charge in [0.15, 0.2) is 0 Å². The number of halogens is 1. The zero-order chi connectivity index (χ0) is 15.5. The predicted octanol–water partition coefficient (Wildman–Crippen LogP) is 4.13.